The maximum Gasteiger partial charge on any atom is 0.163 e. The lowest BCUT2D eigenvalue weighted by Crippen LogP contribution is -2.33. The van der Waals surface area contributed by atoms with E-state index in [0.717, 1.165) is 39.6 Å². The zero-order valence-corrected chi connectivity index (χ0v) is 17.5. The number of hydrogen-bond acceptors (Lipinski definition) is 4. The van der Waals surface area contributed by atoms with E-state index in [9.17, 15) is 9.90 Å². The number of rotatable bonds is 2. The second-order valence-electron chi connectivity index (χ2n) is 9.02. The molecule has 5 rings (SSSR count). The highest BCUT2D eigenvalue weighted by Gasteiger charge is 2.41. The van der Waals surface area contributed by atoms with Crippen molar-refractivity contribution in [1.82, 2.24) is 0 Å². The van der Waals surface area contributed by atoms with Crippen LogP contribution in [0.4, 0.5) is 5.69 Å². The molecule has 3 aromatic carbocycles. The van der Waals surface area contributed by atoms with Gasteiger partial charge in [0.2, 0.25) is 0 Å². The molecule has 2 N–H and O–H groups in total. The van der Waals surface area contributed by atoms with Gasteiger partial charge in [0.05, 0.1) is 13.2 Å². The molecular formula is C26H25NO3. The van der Waals surface area contributed by atoms with Gasteiger partial charge in [-0.3, -0.25) is 4.79 Å². The predicted molar refractivity (Wildman–Crippen MR) is 120 cm³/mol. The van der Waals surface area contributed by atoms with E-state index >= 15 is 0 Å². The summed E-state index contributed by atoms with van der Waals surface area (Å²) in [5.74, 6) is 0.620. The molecule has 0 spiro atoms. The van der Waals surface area contributed by atoms with E-state index in [1.54, 1.807) is 6.07 Å². The van der Waals surface area contributed by atoms with E-state index < -0.39 is 6.04 Å². The van der Waals surface area contributed by atoms with E-state index in [2.05, 4.69) is 43.4 Å². The molecule has 1 unspecified atom stereocenters. The van der Waals surface area contributed by atoms with Gasteiger partial charge >= 0.3 is 0 Å². The molecule has 1 heterocycles. The van der Waals surface area contributed by atoms with Crippen LogP contribution in [0.2, 0.25) is 0 Å². The third-order valence-corrected chi connectivity index (χ3v) is 6.30. The van der Waals surface area contributed by atoms with E-state index in [0.29, 0.717) is 17.7 Å². The molecule has 0 aromatic heterocycles. The van der Waals surface area contributed by atoms with Crippen molar-refractivity contribution < 1.29 is 14.6 Å². The zero-order chi connectivity index (χ0) is 21.0. The number of ether oxygens (including phenoxy) is 1. The van der Waals surface area contributed by atoms with Crippen LogP contribution in [0.3, 0.4) is 0 Å². The summed E-state index contributed by atoms with van der Waals surface area (Å²) in [6.07, 6.45) is 1.31. The molecule has 0 saturated carbocycles. The van der Waals surface area contributed by atoms with Crippen LogP contribution in [0, 0.1) is 5.41 Å². The number of anilines is 1. The number of para-hydroxylation sites is 1. The van der Waals surface area contributed by atoms with Crippen molar-refractivity contribution in [3.63, 3.8) is 0 Å². The number of methoxy groups -OCH3 is 1. The fourth-order valence-electron chi connectivity index (χ4n) is 5.01. The van der Waals surface area contributed by atoms with Crippen molar-refractivity contribution in [3.8, 4) is 11.5 Å². The maximum absolute atomic E-state index is 13.4. The minimum Gasteiger partial charge on any atom is -0.504 e. The number of nitrogens with one attached hydrogen (secondary N) is 1. The number of Topliss-reactive ketones (excluding diaryl/α,β-unsaturated/α-hetero) is 1. The predicted octanol–water partition coefficient (Wildman–Crippen LogP) is 5.86. The molecule has 2 aliphatic rings. The number of allylic oxidation sites excluding steroid dienone is 1. The van der Waals surface area contributed by atoms with E-state index in [1.807, 2.05) is 24.3 Å². The Morgan fingerprint density at radius 1 is 1.03 bits per heavy atom. The van der Waals surface area contributed by atoms with Gasteiger partial charge in [0.15, 0.2) is 17.3 Å². The van der Waals surface area contributed by atoms with Crippen LogP contribution in [0.1, 0.15) is 43.9 Å². The summed E-state index contributed by atoms with van der Waals surface area (Å²) in [5, 5.41) is 16.7. The van der Waals surface area contributed by atoms with Gasteiger partial charge in [0.1, 0.15) is 0 Å². The summed E-state index contributed by atoms with van der Waals surface area (Å²) in [7, 11) is 1.54. The van der Waals surface area contributed by atoms with E-state index in [1.165, 1.54) is 7.11 Å². The Balaban J connectivity index is 1.81. The monoisotopic (exact) mass is 399 g/mol. The molecule has 4 nitrogen and oxygen atoms in total. The molecule has 0 fully saturated rings. The summed E-state index contributed by atoms with van der Waals surface area (Å²) < 4.78 is 5.32. The third-order valence-electron chi connectivity index (χ3n) is 6.30. The Morgan fingerprint density at radius 2 is 1.83 bits per heavy atom. The SMILES string of the molecule is COc1cccc(C2Nc3ccc4ccccc4c3C3=C2C(=O)CC(C)(C)C3)c1O. The number of aromatic hydroxyl groups is 1. The zero-order valence-electron chi connectivity index (χ0n) is 17.5. The highest BCUT2D eigenvalue weighted by atomic mass is 16.5. The second kappa shape index (κ2) is 6.63. The van der Waals surface area contributed by atoms with Gasteiger partial charge in [0, 0.05) is 28.8 Å². The first-order valence-electron chi connectivity index (χ1n) is 10.3. The molecule has 0 amide bonds. The lowest BCUT2D eigenvalue weighted by molar-refractivity contribution is -0.118. The number of ketones is 1. The number of phenolic OH excluding ortho intramolecular Hbond substituents is 1. The Morgan fingerprint density at radius 3 is 2.63 bits per heavy atom. The molecule has 30 heavy (non-hydrogen) atoms. The first-order valence-corrected chi connectivity index (χ1v) is 10.3. The van der Waals surface area contributed by atoms with Crippen LogP contribution < -0.4 is 10.1 Å². The van der Waals surface area contributed by atoms with Gasteiger partial charge in [-0.1, -0.05) is 56.3 Å². The fraction of sp³-hybridized carbons (Fsp3) is 0.269. The lowest BCUT2D eigenvalue weighted by Gasteiger charge is -2.40. The molecule has 1 atom stereocenters. The van der Waals surface area contributed by atoms with E-state index in [-0.39, 0.29) is 16.9 Å². The minimum atomic E-state index is -0.410. The average molecular weight is 399 g/mol. The molecule has 1 aliphatic heterocycles. The van der Waals surface area contributed by atoms with Crippen LogP contribution in [-0.2, 0) is 4.79 Å². The summed E-state index contributed by atoms with van der Waals surface area (Å²) in [5.41, 5.74) is 4.51. The smallest absolute Gasteiger partial charge is 0.163 e. The van der Waals surface area contributed by atoms with Gasteiger partial charge in [-0.25, -0.2) is 0 Å². The van der Waals surface area contributed by atoms with Gasteiger partial charge in [-0.15, -0.1) is 0 Å². The second-order valence-corrected chi connectivity index (χ2v) is 9.02. The number of phenols is 1. The molecule has 0 radical (unpaired) electrons. The van der Waals surface area contributed by atoms with Crippen LogP contribution in [0.15, 0.2) is 60.2 Å². The summed E-state index contributed by atoms with van der Waals surface area (Å²) in [6.45, 7) is 4.30. The van der Waals surface area contributed by atoms with Crippen molar-refractivity contribution >= 4 is 27.8 Å². The van der Waals surface area contributed by atoms with Gasteiger partial charge in [-0.05, 0) is 40.3 Å². The Kier molecular flexibility index (Phi) is 4.14. The Labute approximate surface area is 176 Å². The lowest BCUT2D eigenvalue weighted by atomic mass is 9.68. The highest BCUT2D eigenvalue weighted by Crippen LogP contribution is 2.53. The molecule has 1 aliphatic carbocycles. The molecule has 3 aromatic rings. The van der Waals surface area contributed by atoms with Crippen molar-refractivity contribution in [2.24, 2.45) is 5.41 Å². The first kappa shape index (κ1) is 18.7. The number of benzene rings is 3. The van der Waals surface area contributed by atoms with Crippen molar-refractivity contribution in [3.05, 3.63) is 71.3 Å². The van der Waals surface area contributed by atoms with Crippen LogP contribution in [0.5, 0.6) is 11.5 Å². The largest absolute Gasteiger partial charge is 0.504 e. The van der Waals surface area contributed by atoms with Crippen LogP contribution in [-0.4, -0.2) is 18.0 Å². The van der Waals surface area contributed by atoms with Crippen molar-refractivity contribution in [1.29, 1.82) is 0 Å². The van der Waals surface area contributed by atoms with Gasteiger partial charge < -0.3 is 15.2 Å². The summed E-state index contributed by atoms with van der Waals surface area (Å²) in [4.78, 5) is 13.4. The van der Waals surface area contributed by atoms with Crippen molar-refractivity contribution in [2.45, 2.75) is 32.7 Å². The third kappa shape index (κ3) is 2.78. The van der Waals surface area contributed by atoms with Crippen LogP contribution >= 0.6 is 0 Å². The Bertz CT molecular complexity index is 1220. The highest BCUT2D eigenvalue weighted by molar-refractivity contribution is 6.13. The summed E-state index contributed by atoms with van der Waals surface area (Å²) in [6, 6.07) is 17.5. The van der Waals surface area contributed by atoms with Gasteiger partial charge in [0.25, 0.3) is 0 Å². The number of fused-ring (bicyclic) bond motifs is 4. The minimum absolute atomic E-state index is 0.0752. The number of hydrogen-bond donors (Lipinski definition) is 2. The number of carbonyl (C=O) groups excluding carboxylic acids is 1. The molecule has 152 valence electrons. The quantitative estimate of drug-likeness (QED) is 0.566. The molecule has 0 saturated heterocycles. The first-order chi connectivity index (χ1) is 14.4. The Hall–Kier alpha value is -3.27. The normalized spacial score (nSPS) is 19.8. The van der Waals surface area contributed by atoms with E-state index in [4.69, 9.17) is 4.74 Å². The standard InChI is InChI=1S/C26H25NO3/c1-26(2)13-18-22-16-8-5-4-7-15(16)11-12-19(22)27-24(23(18)20(28)14-26)17-9-6-10-21(30-3)25(17)29/h4-12,24,27,29H,13-14H2,1-3H3. The van der Waals surface area contributed by atoms with Crippen LogP contribution in [0.25, 0.3) is 16.3 Å². The molecular weight excluding hydrogens is 374 g/mol. The molecule has 0 bridgehead atoms. The maximum atomic E-state index is 13.4. The van der Waals surface area contributed by atoms with Crippen molar-refractivity contribution in [2.75, 3.05) is 12.4 Å². The fourth-order valence-corrected chi connectivity index (χ4v) is 5.01. The topological polar surface area (TPSA) is 58.6 Å². The average Bonchev–Trinajstić information content (AvgIpc) is 2.72. The summed E-state index contributed by atoms with van der Waals surface area (Å²) >= 11 is 0. The van der Waals surface area contributed by atoms with Gasteiger partial charge in [-0.2, -0.15) is 0 Å². The molecule has 4 heteroatoms. The number of carbonyl (C=O) groups is 1.